The first-order chi connectivity index (χ1) is 18.9. The number of benzene rings is 2. The fourth-order valence-corrected chi connectivity index (χ4v) is 7.22. The van der Waals surface area contributed by atoms with Gasteiger partial charge in [0.15, 0.2) is 0 Å². The Morgan fingerprint density at radius 3 is 2.46 bits per heavy atom. The molecule has 4 atom stereocenters. The molecule has 7 nitrogen and oxygen atoms in total. The van der Waals surface area contributed by atoms with Crippen molar-refractivity contribution in [3.63, 3.8) is 0 Å². The average molecular weight is 553 g/mol. The van der Waals surface area contributed by atoms with Gasteiger partial charge in [-0.1, -0.05) is 13.0 Å². The third-order valence-corrected chi connectivity index (χ3v) is 9.41. The summed E-state index contributed by atoms with van der Waals surface area (Å²) < 4.78 is 17.1. The molecule has 0 radical (unpaired) electrons. The number of ether oxygens (including phenoxy) is 2. The maximum atomic E-state index is 13.7. The van der Waals surface area contributed by atoms with E-state index in [1.807, 2.05) is 43.3 Å². The van der Waals surface area contributed by atoms with Gasteiger partial charge in [-0.05, 0) is 106 Å². The molecule has 3 fully saturated rings. The molecule has 2 N–H and O–H groups in total. The van der Waals surface area contributed by atoms with E-state index in [-0.39, 0.29) is 35.8 Å². The van der Waals surface area contributed by atoms with Crippen molar-refractivity contribution in [2.45, 2.75) is 75.8 Å². The number of rotatable bonds is 9. The van der Waals surface area contributed by atoms with Gasteiger partial charge in [0.1, 0.15) is 11.5 Å². The largest absolute Gasteiger partial charge is 0.496 e. The minimum atomic E-state index is -0.275. The first-order valence-electron chi connectivity index (χ1n) is 14.1. The molecule has 2 amide bonds. The smallest absolute Gasteiger partial charge is 0.255 e. The first kappa shape index (κ1) is 27.8. The molecule has 3 saturated carbocycles. The normalized spacial score (nSPS) is 27.7. The second-order valence-electron chi connectivity index (χ2n) is 11.4. The van der Waals surface area contributed by atoms with E-state index in [9.17, 15) is 9.59 Å². The Morgan fingerprint density at radius 1 is 0.949 bits per heavy atom. The molecule has 2 bridgehead atoms. The molecule has 2 aromatic rings. The van der Waals surface area contributed by atoms with E-state index in [0.29, 0.717) is 17.2 Å². The first-order valence-corrected chi connectivity index (χ1v) is 14.9. The van der Waals surface area contributed by atoms with Gasteiger partial charge in [0, 0.05) is 28.7 Å². The Bertz CT molecular complexity index is 1200. The number of fused-ring (bicyclic) bond motifs is 2. The minimum Gasteiger partial charge on any atom is -0.496 e. The van der Waals surface area contributed by atoms with Gasteiger partial charge in [-0.3, -0.25) is 9.59 Å². The number of aryl methyl sites for hydroxylation is 1. The molecule has 0 aliphatic heterocycles. The van der Waals surface area contributed by atoms with Crippen LogP contribution in [0.1, 0.15) is 67.8 Å². The summed E-state index contributed by atoms with van der Waals surface area (Å²) in [6.45, 7) is 4.28. The molecule has 0 saturated heterocycles. The lowest BCUT2D eigenvalue weighted by Gasteiger charge is -2.31. The Labute approximate surface area is 236 Å². The van der Waals surface area contributed by atoms with Crippen LogP contribution in [0.15, 0.2) is 41.3 Å². The summed E-state index contributed by atoms with van der Waals surface area (Å²) in [5, 5.41) is 6.34. The molecule has 0 spiro atoms. The zero-order chi connectivity index (χ0) is 27.5. The third kappa shape index (κ3) is 6.22. The van der Waals surface area contributed by atoms with E-state index >= 15 is 0 Å². The molecule has 0 heterocycles. The number of hydrogen-bond acceptors (Lipinski definition) is 6. The Morgan fingerprint density at radius 2 is 1.72 bits per heavy atom. The van der Waals surface area contributed by atoms with Crippen LogP contribution in [0.3, 0.4) is 0 Å². The number of anilines is 1. The minimum absolute atomic E-state index is 0.0431. The van der Waals surface area contributed by atoms with Crippen LogP contribution in [0, 0.1) is 30.6 Å². The molecule has 2 aromatic carbocycles. The molecule has 210 valence electrons. The van der Waals surface area contributed by atoms with Crippen molar-refractivity contribution in [2.24, 2.45) is 23.7 Å². The number of carbonyl (C=O) groups excluding carboxylic acids is 2. The van der Waals surface area contributed by atoms with Gasteiger partial charge in [-0.2, -0.15) is 0 Å². The van der Waals surface area contributed by atoms with Crippen LogP contribution in [0.4, 0.5) is 5.69 Å². The third-order valence-electron chi connectivity index (χ3n) is 8.80. The summed E-state index contributed by atoms with van der Waals surface area (Å²) in [6.07, 6.45) is 7.56. The van der Waals surface area contributed by atoms with E-state index in [4.69, 9.17) is 13.7 Å². The van der Waals surface area contributed by atoms with Crippen molar-refractivity contribution in [2.75, 3.05) is 19.5 Å². The van der Waals surface area contributed by atoms with Crippen molar-refractivity contribution in [1.82, 2.24) is 5.32 Å². The van der Waals surface area contributed by atoms with E-state index in [1.54, 1.807) is 14.2 Å². The van der Waals surface area contributed by atoms with Crippen LogP contribution in [0.2, 0.25) is 0 Å². The summed E-state index contributed by atoms with van der Waals surface area (Å²) in [5.41, 5.74) is 2.13. The summed E-state index contributed by atoms with van der Waals surface area (Å²) >= 11 is 1.25. The number of methoxy groups -OCH3 is 1. The van der Waals surface area contributed by atoms with Crippen molar-refractivity contribution in [3.05, 3.63) is 47.5 Å². The average Bonchev–Trinajstić information content (AvgIpc) is 3.53. The highest BCUT2D eigenvalue weighted by Gasteiger charge is 2.51. The van der Waals surface area contributed by atoms with Gasteiger partial charge in [-0.25, -0.2) is 0 Å². The van der Waals surface area contributed by atoms with Crippen LogP contribution in [0.5, 0.6) is 11.5 Å². The summed E-state index contributed by atoms with van der Waals surface area (Å²) in [6, 6.07) is 11.1. The summed E-state index contributed by atoms with van der Waals surface area (Å²) in [5.74, 6) is 2.01. The summed E-state index contributed by atoms with van der Waals surface area (Å²) in [7, 11) is 3.20. The Hall–Kier alpha value is -2.71. The van der Waals surface area contributed by atoms with Crippen molar-refractivity contribution in [1.29, 1.82) is 0 Å². The lowest BCUT2D eigenvalue weighted by atomic mass is 9.83. The zero-order valence-electron chi connectivity index (χ0n) is 23.3. The monoisotopic (exact) mass is 552 g/mol. The van der Waals surface area contributed by atoms with Crippen molar-refractivity contribution >= 4 is 29.5 Å². The number of nitrogens with one attached hydrogen (secondary N) is 2. The molecule has 0 unspecified atom stereocenters. The zero-order valence-corrected chi connectivity index (χ0v) is 24.1. The number of amides is 2. The van der Waals surface area contributed by atoms with Crippen LogP contribution >= 0.6 is 12.0 Å². The van der Waals surface area contributed by atoms with Crippen LogP contribution in [-0.2, 0) is 8.98 Å². The molecular formula is C31H40N2O5S. The molecule has 8 heteroatoms. The maximum Gasteiger partial charge on any atom is 0.255 e. The van der Waals surface area contributed by atoms with Crippen LogP contribution < -0.4 is 20.1 Å². The highest BCUT2D eigenvalue weighted by Crippen LogP contribution is 2.49. The van der Waals surface area contributed by atoms with Gasteiger partial charge < -0.3 is 24.3 Å². The van der Waals surface area contributed by atoms with Crippen molar-refractivity contribution < 1.29 is 23.2 Å². The molecular weight excluding hydrogens is 512 g/mol. The van der Waals surface area contributed by atoms with E-state index in [0.717, 1.165) is 72.8 Å². The molecule has 0 aromatic heterocycles. The highest BCUT2D eigenvalue weighted by molar-refractivity contribution is 7.94. The van der Waals surface area contributed by atoms with Gasteiger partial charge >= 0.3 is 0 Å². The predicted octanol–water partition coefficient (Wildman–Crippen LogP) is 6.40. The molecule has 39 heavy (non-hydrogen) atoms. The number of carbonyl (C=O) groups is 2. The van der Waals surface area contributed by atoms with Crippen molar-refractivity contribution in [3.8, 4) is 11.5 Å². The Kier molecular flexibility index (Phi) is 8.72. The second-order valence-corrected chi connectivity index (χ2v) is 12.4. The summed E-state index contributed by atoms with van der Waals surface area (Å²) in [4.78, 5) is 28.1. The fourth-order valence-electron chi connectivity index (χ4n) is 6.71. The fraction of sp³-hybridized carbons (Fsp3) is 0.548. The van der Waals surface area contributed by atoms with Crippen LogP contribution in [0.25, 0.3) is 0 Å². The van der Waals surface area contributed by atoms with E-state index < -0.39 is 0 Å². The SMILES string of the molecule is COSc1cccc(NC(=O)[C@H]2[C@@H]3CC[C@@H](C3)[C@H]2NC(=O)c2cc(O[C@H]3CC[C@@H](C)CC3)c(C)cc2OC)c1. The predicted molar refractivity (Wildman–Crippen MR) is 153 cm³/mol. The molecule has 3 aliphatic rings. The lowest BCUT2D eigenvalue weighted by Crippen LogP contribution is -2.48. The van der Waals surface area contributed by atoms with Gasteiger partial charge in [0.25, 0.3) is 5.91 Å². The van der Waals surface area contributed by atoms with Gasteiger partial charge in [-0.15, -0.1) is 0 Å². The quantitative estimate of drug-likeness (QED) is 0.350. The maximum absolute atomic E-state index is 13.7. The van der Waals surface area contributed by atoms with E-state index in [1.165, 1.54) is 12.0 Å². The molecule has 5 rings (SSSR count). The standard InChI is InChI=1S/C31H40N2O5S/c1-18-8-12-23(13-9-18)38-26-17-25(27(36-3)14-19(26)2)30(34)33-29-21-11-10-20(15-21)28(29)31(35)32-22-6-5-7-24(16-22)39-37-4/h5-7,14,16-18,20-21,23,28-29H,8-13,15H2,1-4H3,(H,32,35)(H,33,34)/t18-,20-,21+,23+,28+,29-/m1/s1. The van der Waals surface area contributed by atoms with Crippen LogP contribution in [-0.4, -0.2) is 38.2 Å². The van der Waals surface area contributed by atoms with E-state index in [2.05, 4.69) is 17.6 Å². The van der Waals surface area contributed by atoms with Gasteiger partial charge in [0.2, 0.25) is 5.91 Å². The second kappa shape index (κ2) is 12.2. The lowest BCUT2D eigenvalue weighted by molar-refractivity contribution is -0.122. The Balaban J connectivity index is 1.32. The number of hydrogen-bond donors (Lipinski definition) is 2. The van der Waals surface area contributed by atoms with Gasteiger partial charge in [0.05, 0.1) is 31.8 Å². The topological polar surface area (TPSA) is 85.9 Å². The highest BCUT2D eigenvalue weighted by atomic mass is 32.2. The molecule has 3 aliphatic carbocycles.